The Kier molecular flexibility index (Phi) is 9.12. The summed E-state index contributed by atoms with van der Waals surface area (Å²) >= 11 is 0. The molecule has 1 aliphatic heterocycles. The van der Waals surface area contributed by atoms with E-state index in [-0.39, 0.29) is 28.7 Å². The molecule has 15 nitrogen and oxygen atoms in total. The second kappa shape index (κ2) is 13.3. The largest absolute Gasteiger partial charge is 0.494 e. The van der Waals surface area contributed by atoms with Gasteiger partial charge in [-0.05, 0) is 52.9 Å². The van der Waals surface area contributed by atoms with E-state index in [2.05, 4.69) is 15.4 Å². The SMILES string of the molecule is COc1cc(N(C)CCN(C)C)c([N+](=O)[O-])cc1Nc1ncc(C(=O)OC(C)C)c(N2CC3(CCC3)c3nc(-c4cnn(C)c4)ccc32)n1. The van der Waals surface area contributed by atoms with Gasteiger partial charge in [-0.15, -0.1) is 0 Å². The Morgan fingerprint density at radius 1 is 1.14 bits per heavy atom. The number of anilines is 5. The Balaban J connectivity index is 1.41. The van der Waals surface area contributed by atoms with Crippen LogP contribution in [0.2, 0.25) is 0 Å². The molecule has 0 bridgehead atoms. The fraction of sp³-hybridized carbons (Fsp3) is 0.441. The van der Waals surface area contributed by atoms with Crippen molar-refractivity contribution in [1.29, 1.82) is 0 Å². The Hall–Kier alpha value is -5.31. The summed E-state index contributed by atoms with van der Waals surface area (Å²) in [7, 11) is 9.07. The number of rotatable bonds is 12. The number of benzene rings is 1. The molecule has 1 aromatic carbocycles. The molecule has 3 aromatic heterocycles. The number of ether oxygens (including phenoxy) is 2. The first-order valence-corrected chi connectivity index (χ1v) is 16.2. The molecule has 1 saturated carbocycles. The lowest BCUT2D eigenvalue weighted by atomic mass is 9.67. The molecule has 4 heterocycles. The highest BCUT2D eigenvalue weighted by atomic mass is 16.6. The van der Waals surface area contributed by atoms with Crippen molar-refractivity contribution in [2.75, 3.05) is 63.0 Å². The second-order valence-corrected chi connectivity index (χ2v) is 13.2. The number of hydrogen-bond acceptors (Lipinski definition) is 13. The molecular weight excluding hydrogens is 628 g/mol. The van der Waals surface area contributed by atoms with Crippen molar-refractivity contribution in [3.05, 3.63) is 64.2 Å². The summed E-state index contributed by atoms with van der Waals surface area (Å²) in [4.78, 5) is 45.6. The summed E-state index contributed by atoms with van der Waals surface area (Å²) in [5.41, 5.74) is 4.20. The van der Waals surface area contributed by atoms with Crippen LogP contribution in [0.4, 0.5) is 34.5 Å². The van der Waals surface area contributed by atoms with Crippen LogP contribution in [0.3, 0.4) is 0 Å². The molecule has 0 atom stereocenters. The first-order valence-electron chi connectivity index (χ1n) is 16.2. The zero-order chi connectivity index (χ0) is 35.0. The van der Waals surface area contributed by atoms with Gasteiger partial charge in [0, 0.05) is 69.2 Å². The maximum absolute atomic E-state index is 13.4. The van der Waals surface area contributed by atoms with Gasteiger partial charge in [0.2, 0.25) is 5.95 Å². The summed E-state index contributed by atoms with van der Waals surface area (Å²) in [5, 5.41) is 19.7. The number of carbonyl (C=O) groups is 1. The lowest BCUT2D eigenvalue weighted by molar-refractivity contribution is -0.384. The number of nitrogens with one attached hydrogen (secondary N) is 1. The summed E-state index contributed by atoms with van der Waals surface area (Å²) in [6.07, 6.45) is 7.79. The van der Waals surface area contributed by atoms with E-state index in [1.165, 1.54) is 19.4 Å². The number of aromatic nitrogens is 5. The third-order valence-electron chi connectivity index (χ3n) is 9.06. The van der Waals surface area contributed by atoms with Gasteiger partial charge >= 0.3 is 5.97 Å². The predicted molar refractivity (Wildman–Crippen MR) is 186 cm³/mol. The van der Waals surface area contributed by atoms with Crippen molar-refractivity contribution in [3.8, 4) is 17.0 Å². The molecule has 0 radical (unpaired) electrons. The molecule has 4 aromatic rings. The van der Waals surface area contributed by atoms with Crippen LogP contribution in [0.15, 0.2) is 42.9 Å². The number of nitrogens with zero attached hydrogens (tertiary/aromatic N) is 9. The minimum absolute atomic E-state index is 0.0993. The number of likely N-dealkylation sites (N-methyl/N-ethyl adjacent to an activating group) is 2. The van der Waals surface area contributed by atoms with Crippen LogP contribution >= 0.6 is 0 Å². The van der Waals surface area contributed by atoms with Gasteiger partial charge in [0.1, 0.15) is 17.0 Å². The number of hydrogen-bond donors (Lipinski definition) is 1. The third-order valence-corrected chi connectivity index (χ3v) is 9.06. The maximum atomic E-state index is 13.4. The van der Waals surface area contributed by atoms with Crippen molar-refractivity contribution in [3.63, 3.8) is 0 Å². The molecule has 0 amide bonds. The fourth-order valence-corrected chi connectivity index (χ4v) is 6.35. The molecule has 1 spiro atoms. The fourth-order valence-electron chi connectivity index (χ4n) is 6.35. The first-order chi connectivity index (χ1) is 23.4. The highest BCUT2D eigenvalue weighted by molar-refractivity contribution is 5.96. The average Bonchev–Trinajstić information content (AvgIpc) is 3.64. The van der Waals surface area contributed by atoms with Crippen molar-refractivity contribution < 1.29 is 19.2 Å². The van der Waals surface area contributed by atoms with Crippen molar-refractivity contribution >= 4 is 40.5 Å². The molecule has 0 saturated heterocycles. The summed E-state index contributed by atoms with van der Waals surface area (Å²) in [5.74, 6) is 0.315. The van der Waals surface area contributed by atoms with Crippen molar-refractivity contribution in [2.45, 2.75) is 44.6 Å². The van der Waals surface area contributed by atoms with E-state index in [1.54, 1.807) is 37.8 Å². The number of methoxy groups -OCH3 is 1. The van der Waals surface area contributed by atoms with E-state index in [9.17, 15) is 14.9 Å². The van der Waals surface area contributed by atoms with Crippen LogP contribution in [-0.2, 0) is 17.2 Å². The van der Waals surface area contributed by atoms with Crippen molar-refractivity contribution in [1.82, 2.24) is 29.6 Å². The molecule has 15 heteroatoms. The molecule has 1 N–H and O–H groups in total. The van der Waals surface area contributed by atoms with Gasteiger partial charge in [-0.3, -0.25) is 14.8 Å². The molecule has 1 fully saturated rings. The van der Waals surface area contributed by atoms with Crippen LogP contribution in [0.5, 0.6) is 5.75 Å². The minimum Gasteiger partial charge on any atom is -0.494 e. The van der Waals surface area contributed by atoms with Gasteiger partial charge in [0.25, 0.3) is 5.69 Å². The van der Waals surface area contributed by atoms with E-state index in [0.29, 0.717) is 42.6 Å². The zero-order valence-corrected chi connectivity index (χ0v) is 28.9. The van der Waals surface area contributed by atoms with E-state index in [1.807, 2.05) is 54.2 Å². The standard InChI is InChI=1S/C34H42N10O5/c1-21(2)49-32(45)23-18-35-33(38-25-15-28(44(46)47)27(16-29(25)48-7)41(5)14-13-40(3)4)39-31(23)43-20-34(11-8-12-34)30-26(43)10-9-24(37-30)22-17-36-42(6)19-22/h9-10,15-19,21H,8,11-14,20H2,1-7H3,(H,35,38,39). The lowest BCUT2D eigenvalue weighted by Gasteiger charge is -2.38. The lowest BCUT2D eigenvalue weighted by Crippen LogP contribution is -2.39. The van der Waals surface area contributed by atoms with Gasteiger partial charge in [-0.2, -0.15) is 10.1 Å². The zero-order valence-electron chi connectivity index (χ0n) is 28.9. The van der Waals surface area contributed by atoms with Crippen LogP contribution in [0.25, 0.3) is 11.3 Å². The van der Waals surface area contributed by atoms with Crippen LogP contribution in [0, 0.1) is 10.1 Å². The van der Waals surface area contributed by atoms with Gasteiger partial charge in [0.15, 0.2) is 5.82 Å². The normalized spacial score (nSPS) is 14.6. The second-order valence-electron chi connectivity index (χ2n) is 13.2. The molecule has 49 heavy (non-hydrogen) atoms. The number of fused-ring (bicyclic) bond motifs is 2. The van der Waals surface area contributed by atoms with Gasteiger partial charge < -0.3 is 29.5 Å². The Morgan fingerprint density at radius 3 is 2.53 bits per heavy atom. The minimum atomic E-state index is -0.550. The monoisotopic (exact) mass is 670 g/mol. The molecular formula is C34H42N10O5. The Morgan fingerprint density at radius 2 is 1.92 bits per heavy atom. The molecule has 6 rings (SSSR count). The molecule has 2 aliphatic rings. The van der Waals surface area contributed by atoms with E-state index in [0.717, 1.165) is 41.9 Å². The highest BCUT2D eigenvalue weighted by Gasteiger charge is 2.50. The smallest absolute Gasteiger partial charge is 0.343 e. The number of carbonyl (C=O) groups excluding carboxylic acids is 1. The van der Waals surface area contributed by atoms with Crippen LogP contribution in [0.1, 0.15) is 49.2 Å². The number of pyridine rings is 1. The molecule has 258 valence electrons. The van der Waals surface area contributed by atoms with E-state index >= 15 is 0 Å². The number of esters is 1. The average molecular weight is 671 g/mol. The summed E-state index contributed by atoms with van der Waals surface area (Å²) in [6, 6.07) is 7.02. The van der Waals surface area contributed by atoms with Crippen molar-refractivity contribution in [2.24, 2.45) is 7.05 Å². The van der Waals surface area contributed by atoms with Crippen LogP contribution < -0.4 is 19.9 Å². The predicted octanol–water partition coefficient (Wildman–Crippen LogP) is 5.07. The van der Waals surface area contributed by atoms with Gasteiger partial charge in [-0.25, -0.2) is 14.8 Å². The number of nitro benzene ring substituents is 1. The maximum Gasteiger partial charge on any atom is 0.343 e. The topological polar surface area (TPSA) is 157 Å². The quantitative estimate of drug-likeness (QED) is 0.121. The summed E-state index contributed by atoms with van der Waals surface area (Å²) in [6.45, 7) is 5.43. The van der Waals surface area contributed by atoms with E-state index < -0.39 is 10.9 Å². The van der Waals surface area contributed by atoms with Gasteiger partial charge in [-0.1, -0.05) is 6.42 Å². The Bertz CT molecular complexity index is 1890. The summed E-state index contributed by atoms with van der Waals surface area (Å²) < 4.78 is 13.0. The highest BCUT2D eigenvalue weighted by Crippen LogP contribution is 2.54. The number of nitro groups is 1. The van der Waals surface area contributed by atoms with Gasteiger partial charge in [0.05, 0.1) is 47.1 Å². The third kappa shape index (κ3) is 6.57. The van der Waals surface area contributed by atoms with Crippen LogP contribution in [-0.4, -0.2) is 94.5 Å². The van der Waals surface area contributed by atoms with E-state index in [4.69, 9.17) is 19.4 Å². The first kappa shape index (κ1) is 33.6. The molecule has 0 unspecified atom stereocenters. The number of aryl methyl sites for hydroxylation is 1. The molecule has 1 aliphatic carbocycles. The Labute approximate surface area is 285 Å².